The monoisotopic (exact) mass is 330 g/mol. The third kappa shape index (κ3) is 3.80. The molecule has 1 saturated heterocycles. The SMILES string of the molecule is C[C@H](CNC(=O)N[C@H]1CCCCNC1=O)N1CCc2ccccc21. The number of amides is 3. The molecule has 130 valence electrons. The van der Waals surface area contributed by atoms with Gasteiger partial charge in [0.2, 0.25) is 5.91 Å². The fraction of sp³-hybridized carbons (Fsp3) is 0.556. The van der Waals surface area contributed by atoms with Crippen LogP contribution in [-0.4, -0.2) is 43.7 Å². The lowest BCUT2D eigenvalue weighted by atomic mass is 10.1. The fourth-order valence-corrected chi connectivity index (χ4v) is 3.46. The summed E-state index contributed by atoms with van der Waals surface area (Å²) >= 11 is 0. The maximum Gasteiger partial charge on any atom is 0.315 e. The van der Waals surface area contributed by atoms with Crippen LogP contribution in [0.1, 0.15) is 31.7 Å². The minimum absolute atomic E-state index is 0.0795. The van der Waals surface area contributed by atoms with Gasteiger partial charge in [0.1, 0.15) is 6.04 Å². The Bertz CT molecular complexity index is 604. The standard InChI is InChI=1S/C18H26N4O2/c1-13(22-11-9-14-6-2-3-8-16(14)22)12-20-18(24)21-15-7-4-5-10-19-17(15)23/h2-3,6,8,13,15H,4-5,7,9-12H2,1H3,(H,19,23)(H2,20,21,24)/t13-,15+/m1/s1. The summed E-state index contributed by atoms with van der Waals surface area (Å²) in [6.45, 7) is 4.34. The Morgan fingerprint density at radius 1 is 1.38 bits per heavy atom. The normalized spacial score (nSPS) is 21.5. The second kappa shape index (κ2) is 7.55. The molecule has 24 heavy (non-hydrogen) atoms. The van der Waals surface area contributed by atoms with Gasteiger partial charge >= 0.3 is 6.03 Å². The maximum absolute atomic E-state index is 12.1. The summed E-state index contributed by atoms with van der Waals surface area (Å²) in [6, 6.07) is 7.93. The number of fused-ring (bicyclic) bond motifs is 1. The minimum atomic E-state index is -0.421. The van der Waals surface area contributed by atoms with E-state index in [2.05, 4.69) is 52.0 Å². The van der Waals surface area contributed by atoms with Crippen LogP contribution in [0.3, 0.4) is 0 Å². The number of hydrogen-bond donors (Lipinski definition) is 3. The van der Waals surface area contributed by atoms with Gasteiger partial charge in [-0.05, 0) is 44.2 Å². The van der Waals surface area contributed by atoms with Gasteiger partial charge in [0.05, 0.1) is 0 Å². The number of nitrogens with one attached hydrogen (secondary N) is 3. The molecule has 2 aliphatic heterocycles. The Balaban J connectivity index is 1.48. The van der Waals surface area contributed by atoms with E-state index in [1.54, 1.807) is 0 Å². The average Bonchev–Trinajstić information content (AvgIpc) is 2.92. The Kier molecular flexibility index (Phi) is 5.23. The molecule has 0 unspecified atom stereocenters. The van der Waals surface area contributed by atoms with Crippen LogP contribution in [0.25, 0.3) is 0 Å². The van der Waals surface area contributed by atoms with Crippen molar-refractivity contribution >= 4 is 17.6 Å². The Morgan fingerprint density at radius 2 is 2.21 bits per heavy atom. The lowest BCUT2D eigenvalue weighted by Gasteiger charge is -2.28. The number of urea groups is 1. The van der Waals surface area contributed by atoms with Gasteiger partial charge in [0, 0.05) is 31.4 Å². The number of benzene rings is 1. The molecule has 1 aromatic rings. The highest BCUT2D eigenvalue weighted by Crippen LogP contribution is 2.28. The Labute approximate surface area is 143 Å². The molecular formula is C18H26N4O2. The molecule has 3 N–H and O–H groups in total. The summed E-state index contributed by atoms with van der Waals surface area (Å²) in [5.74, 6) is -0.0795. The van der Waals surface area contributed by atoms with Crippen molar-refractivity contribution in [2.45, 2.75) is 44.7 Å². The van der Waals surface area contributed by atoms with Crippen LogP contribution >= 0.6 is 0 Å². The van der Waals surface area contributed by atoms with E-state index < -0.39 is 6.04 Å². The van der Waals surface area contributed by atoms with Crippen LogP contribution in [0.4, 0.5) is 10.5 Å². The molecule has 6 heteroatoms. The number of carbonyl (C=O) groups excluding carboxylic acids is 2. The zero-order valence-corrected chi connectivity index (χ0v) is 14.2. The van der Waals surface area contributed by atoms with Crippen LogP contribution in [0.5, 0.6) is 0 Å². The predicted octanol–water partition coefficient (Wildman–Crippen LogP) is 1.41. The summed E-state index contributed by atoms with van der Waals surface area (Å²) in [4.78, 5) is 26.3. The van der Waals surface area contributed by atoms with E-state index in [0.29, 0.717) is 19.5 Å². The number of hydrogen-bond acceptors (Lipinski definition) is 3. The third-order valence-corrected chi connectivity index (χ3v) is 4.85. The van der Waals surface area contributed by atoms with Gasteiger partial charge in [-0.25, -0.2) is 4.79 Å². The quantitative estimate of drug-likeness (QED) is 0.781. The maximum atomic E-state index is 12.1. The molecule has 2 atom stereocenters. The van der Waals surface area contributed by atoms with Crippen LogP contribution in [0.15, 0.2) is 24.3 Å². The van der Waals surface area contributed by atoms with E-state index in [0.717, 1.165) is 25.8 Å². The highest BCUT2D eigenvalue weighted by atomic mass is 16.2. The van der Waals surface area contributed by atoms with Crippen molar-refractivity contribution in [3.05, 3.63) is 29.8 Å². The molecule has 3 amide bonds. The number of nitrogens with zero attached hydrogens (tertiary/aromatic N) is 1. The Hall–Kier alpha value is -2.24. The van der Waals surface area contributed by atoms with Gasteiger partial charge in [-0.15, -0.1) is 0 Å². The van der Waals surface area contributed by atoms with Gasteiger partial charge in [-0.2, -0.15) is 0 Å². The summed E-state index contributed by atoms with van der Waals surface area (Å²) < 4.78 is 0. The topological polar surface area (TPSA) is 73.5 Å². The van der Waals surface area contributed by atoms with Crippen molar-refractivity contribution in [3.63, 3.8) is 0 Å². The number of anilines is 1. The zero-order chi connectivity index (χ0) is 16.9. The largest absolute Gasteiger partial charge is 0.366 e. The predicted molar refractivity (Wildman–Crippen MR) is 94.1 cm³/mol. The van der Waals surface area contributed by atoms with E-state index in [9.17, 15) is 9.59 Å². The van der Waals surface area contributed by atoms with E-state index in [1.807, 2.05) is 0 Å². The summed E-state index contributed by atoms with van der Waals surface area (Å²) in [5.41, 5.74) is 2.62. The molecule has 0 spiro atoms. The first-order valence-electron chi connectivity index (χ1n) is 8.82. The summed E-state index contributed by atoms with van der Waals surface area (Å²) in [7, 11) is 0. The molecule has 1 aromatic carbocycles. The molecule has 1 fully saturated rings. The van der Waals surface area contributed by atoms with Crippen molar-refractivity contribution in [1.82, 2.24) is 16.0 Å². The van der Waals surface area contributed by atoms with Gasteiger partial charge in [0.25, 0.3) is 0 Å². The van der Waals surface area contributed by atoms with E-state index in [4.69, 9.17) is 0 Å². The highest BCUT2D eigenvalue weighted by molar-refractivity contribution is 5.87. The Morgan fingerprint density at radius 3 is 3.08 bits per heavy atom. The highest BCUT2D eigenvalue weighted by Gasteiger charge is 2.25. The van der Waals surface area contributed by atoms with E-state index in [1.165, 1.54) is 11.3 Å². The van der Waals surface area contributed by atoms with Crippen molar-refractivity contribution in [2.24, 2.45) is 0 Å². The molecule has 0 aromatic heterocycles. The second-order valence-electron chi connectivity index (χ2n) is 6.61. The summed E-state index contributed by atoms with van der Waals surface area (Å²) in [5, 5.41) is 8.53. The molecule has 6 nitrogen and oxygen atoms in total. The lowest BCUT2D eigenvalue weighted by molar-refractivity contribution is -0.122. The summed E-state index contributed by atoms with van der Waals surface area (Å²) in [6.07, 6.45) is 3.67. The van der Waals surface area contributed by atoms with Crippen molar-refractivity contribution < 1.29 is 9.59 Å². The minimum Gasteiger partial charge on any atom is -0.366 e. The molecule has 0 aliphatic carbocycles. The lowest BCUT2D eigenvalue weighted by Crippen LogP contribution is -2.51. The van der Waals surface area contributed by atoms with Crippen LogP contribution in [-0.2, 0) is 11.2 Å². The molecule has 2 heterocycles. The first-order chi connectivity index (χ1) is 11.6. The molecule has 3 rings (SSSR count). The second-order valence-corrected chi connectivity index (χ2v) is 6.61. The number of para-hydroxylation sites is 1. The molecule has 2 aliphatic rings. The van der Waals surface area contributed by atoms with Gasteiger partial charge in [-0.1, -0.05) is 18.2 Å². The van der Waals surface area contributed by atoms with Gasteiger partial charge in [0.15, 0.2) is 0 Å². The molecule has 0 bridgehead atoms. The van der Waals surface area contributed by atoms with E-state index in [-0.39, 0.29) is 18.0 Å². The smallest absolute Gasteiger partial charge is 0.315 e. The van der Waals surface area contributed by atoms with Gasteiger partial charge < -0.3 is 20.9 Å². The zero-order valence-electron chi connectivity index (χ0n) is 14.2. The van der Waals surface area contributed by atoms with Crippen molar-refractivity contribution in [1.29, 1.82) is 0 Å². The van der Waals surface area contributed by atoms with Crippen LogP contribution < -0.4 is 20.9 Å². The first kappa shape index (κ1) is 16.6. The number of rotatable bonds is 4. The van der Waals surface area contributed by atoms with Gasteiger partial charge in [-0.3, -0.25) is 4.79 Å². The van der Waals surface area contributed by atoms with Crippen LogP contribution in [0, 0.1) is 0 Å². The third-order valence-electron chi connectivity index (χ3n) is 4.85. The molecular weight excluding hydrogens is 304 g/mol. The number of carbonyl (C=O) groups is 2. The average molecular weight is 330 g/mol. The van der Waals surface area contributed by atoms with Crippen molar-refractivity contribution in [2.75, 3.05) is 24.5 Å². The van der Waals surface area contributed by atoms with E-state index >= 15 is 0 Å². The molecule has 0 radical (unpaired) electrons. The van der Waals surface area contributed by atoms with Crippen molar-refractivity contribution in [3.8, 4) is 0 Å². The first-order valence-corrected chi connectivity index (χ1v) is 8.82. The van der Waals surface area contributed by atoms with Crippen LogP contribution in [0.2, 0.25) is 0 Å². The molecule has 0 saturated carbocycles. The fourth-order valence-electron chi connectivity index (χ4n) is 3.46.